The largest absolute Gasteiger partial charge is 0.472 e. The summed E-state index contributed by atoms with van der Waals surface area (Å²) in [5, 5.41) is 10.7. The maximum absolute atomic E-state index is 13.1. The molecule has 0 saturated heterocycles. The first kappa shape index (κ1) is 103. The fourth-order valence-corrected chi connectivity index (χ4v) is 12.9. The van der Waals surface area contributed by atoms with Crippen LogP contribution >= 0.6 is 15.6 Å². The summed E-state index contributed by atoms with van der Waals surface area (Å²) >= 11 is 0. The third-order valence-electron chi connectivity index (χ3n) is 17.6. The monoisotopic (exact) mass is 1560 g/mol. The van der Waals surface area contributed by atoms with Crippen LogP contribution in [0.1, 0.15) is 349 Å². The Labute approximate surface area is 656 Å². The Hall–Kier alpha value is -4.80. The molecule has 5 atom stereocenters. The van der Waals surface area contributed by atoms with E-state index in [1.165, 1.54) is 51.4 Å². The molecular formula is C89H152O17P2. The molecule has 0 spiro atoms. The maximum Gasteiger partial charge on any atom is 0.472 e. The van der Waals surface area contributed by atoms with Gasteiger partial charge in [0.05, 0.1) is 26.4 Å². The Kier molecular flexibility index (Phi) is 76.7. The molecular weight excluding hydrogens is 1400 g/mol. The molecule has 0 fully saturated rings. The highest BCUT2D eigenvalue weighted by molar-refractivity contribution is 7.47. The molecule has 0 heterocycles. The molecule has 0 amide bonds. The van der Waals surface area contributed by atoms with Crippen LogP contribution in [0.4, 0.5) is 0 Å². The summed E-state index contributed by atoms with van der Waals surface area (Å²) in [4.78, 5) is 73.2. The Bertz CT molecular complexity index is 2560. The highest BCUT2D eigenvalue weighted by Gasteiger charge is 2.30. The molecule has 0 saturated carbocycles. The lowest BCUT2D eigenvalue weighted by atomic mass is 10.0. The number of phosphoric acid groups is 2. The van der Waals surface area contributed by atoms with Crippen molar-refractivity contribution >= 4 is 39.5 Å². The molecule has 0 aromatic rings. The van der Waals surface area contributed by atoms with Crippen molar-refractivity contribution in [1.29, 1.82) is 0 Å². The van der Waals surface area contributed by atoms with Gasteiger partial charge in [0.15, 0.2) is 12.2 Å². The number of phosphoric ester groups is 2. The highest BCUT2D eigenvalue weighted by atomic mass is 31.2. The van der Waals surface area contributed by atoms with Gasteiger partial charge in [-0.2, -0.15) is 0 Å². The van der Waals surface area contributed by atoms with Crippen LogP contribution in [-0.4, -0.2) is 96.7 Å². The van der Waals surface area contributed by atoms with E-state index in [4.69, 9.17) is 37.0 Å². The zero-order valence-corrected chi connectivity index (χ0v) is 69.8. The molecule has 108 heavy (non-hydrogen) atoms. The third kappa shape index (κ3) is 79.3. The summed E-state index contributed by atoms with van der Waals surface area (Å²) in [6.07, 6.45) is 91.2. The molecule has 5 unspecified atom stereocenters. The van der Waals surface area contributed by atoms with Crippen molar-refractivity contribution in [3.8, 4) is 0 Å². The number of aliphatic hydroxyl groups excluding tert-OH is 1. The van der Waals surface area contributed by atoms with Crippen LogP contribution in [0, 0.1) is 0 Å². The lowest BCUT2D eigenvalue weighted by Crippen LogP contribution is -2.30. The highest BCUT2D eigenvalue weighted by Crippen LogP contribution is 2.45. The van der Waals surface area contributed by atoms with Gasteiger partial charge in [-0.1, -0.05) is 322 Å². The van der Waals surface area contributed by atoms with Crippen molar-refractivity contribution in [3.63, 3.8) is 0 Å². The number of aliphatic hydroxyl groups is 1. The number of carbonyl (C=O) groups excluding carboxylic acids is 4. The van der Waals surface area contributed by atoms with E-state index in [-0.39, 0.29) is 25.7 Å². The van der Waals surface area contributed by atoms with Crippen molar-refractivity contribution in [3.05, 3.63) is 134 Å². The smallest absolute Gasteiger partial charge is 0.462 e. The molecule has 0 radical (unpaired) electrons. The summed E-state index contributed by atoms with van der Waals surface area (Å²) < 4.78 is 68.8. The van der Waals surface area contributed by atoms with E-state index in [2.05, 4.69) is 161 Å². The van der Waals surface area contributed by atoms with Gasteiger partial charge < -0.3 is 33.8 Å². The number of rotatable bonds is 79. The number of carbonyl (C=O) groups is 4. The van der Waals surface area contributed by atoms with Gasteiger partial charge in [-0.25, -0.2) is 9.13 Å². The van der Waals surface area contributed by atoms with Crippen LogP contribution in [-0.2, 0) is 65.4 Å². The summed E-state index contributed by atoms with van der Waals surface area (Å²) in [7, 11) is -9.98. The number of hydrogen-bond donors (Lipinski definition) is 3. The van der Waals surface area contributed by atoms with Crippen LogP contribution in [0.3, 0.4) is 0 Å². The molecule has 0 aromatic heterocycles. The molecule has 0 aliphatic rings. The Balaban J connectivity index is 5.39. The molecule has 19 heteroatoms. The van der Waals surface area contributed by atoms with Crippen LogP contribution < -0.4 is 0 Å². The molecule has 17 nitrogen and oxygen atoms in total. The number of esters is 4. The average molecular weight is 1560 g/mol. The minimum atomic E-state index is -4.99. The van der Waals surface area contributed by atoms with Crippen LogP contribution in [0.2, 0.25) is 0 Å². The Morgan fingerprint density at radius 3 is 0.741 bits per heavy atom. The van der Waals surface area contributed by atoms with Crippen LogP contribution in [0.25, 0.3) is 0 Å². The van der Waals surface area contributed by atoms with Crippen LogP contribution in [0.15, 0.2) is 134 Å². The van der Waals surface area contributed by atoms with E-state index in [9.17, 15) is 43.2 Å². The standard InChI is InChI=1S/C89H152O17P2/c1-5-9-13-17-21-25-29-33-36-39-41-44-47-51-54-58-62-66-70-74-87(92)100-80-85(106-89(94)76-72-68-64-60-56-52-48-45-42-40-37-34-30-26-22-18-14-10-6-2)82-104-108(97,98)102-78-83(90)77-101-107(95,96)103-81-84(105-88(93)75-71-67-63-59-55-49-32-28-24-20-16-12-8-4)79-99-86(91)73-69-65-61-57-53-50-46-43-38-35-31-27-23-19-15-11-7-3/h9-11,13-15,21-23,25-27,33-38,41-42,44-45,83-85,90H,5-8,12,16-20,24,28-32,39-40,43,46-82H2,1-4H3,(H,95,96)(H,97,98)/b13-9-,14-10-,15-11-,25-21-,26-22-,27-23-,36-33-,37-34-,38-35-,44-41-,45-42-. The van der Waals surface area contributed by atoms with E-state index in [1.807, 2.05) is 0 Å². The summed E-state index contributed by atoms with van der Waals surface area (Å²) in [5.74, 6) is -2.20. The van der Waals surface area contributed by atoms with Crippen molar-refractivity contribution in [1.82, 2.24) is 0 Å². The zero-order valence-electron chi connectivity index (χ0n) is 68.0. The fourth-order valence-electron chi connectivity index (χ4n) is 11.3. The van der Waals surface area contributed by atoms with Crippen molar-refractivity contribution in [2.24, 2.45) is 0 Å². The number of unbranched alkanes of at least 4 members (excludes halogenated alkanes) is 31. The quantitative estimate of drug-likeness (QED) is 0.0169. The van der Waals surface area contributed by atoms with Gasteiger partial charge >= 0.3 is 39.5 Å². The number of allylic oxidation sites excluding steroid dienone is 22. The second kappa shape index (κ2) is 80.3. The molecule has 0 bridgehead atoms. The Morgan fingerprint density at radius 1 is 0.269 bits per heavy atom. The molecule has 620 valence electrons. The minimum absolute atomic E-state index is 0.0727. The molecule has 0 aliphatic carbocycles. The van der Waals surface area contributed by atoms with Gasteiger partial charge in [-0.15, -0.1) is 0 Å². The first-order chi connectivity index (χ1) is 52.7. The topological polar surface area (TPSA) is 237 Å². The predicted octanol–water partition coefficient (Wildman–Crippen LogP) is 25.2. The van der Waals surface area contributed by atoms with Gasteiger partial charge in [-0.05, 0) is 135 Å². The molecule has 3 N–H and O–H groups in total. The third-order valence-corrected chi connectivity index (χ3v) is 19.5. The first-order valence-corrected chi connectivity index (χ1v) is 45.4. The molecule has 0 rings (SSSR count). The van der Waals surface area contributed by atoms with Crippen molar-refractivity contribution in [2.45, 2.75) is 367 Å². The number of ether oxygens (including phenoxy) is 4. The molecule has 0 aliphatic heterocycles. The number of hydrogen-bond acceptors (Lipinski definition) is 15. The maximum atomic E-state index is 13.1. The lowest BCUT2D eigenvalue weighted by Gasteiger charge is -2.21. The summed E-state index contributed by atoms with van der Waals surface area (Å²) in [6.45, 7) is 4.55. The Morgan fingerprint density at radius 2 is 0.481 bits per heavy atom. The van der Waals surface area contributed by atoms with Crippen molar-refractivity contribution in [2.75, 3.05) is 39.6 Å². The fraction of sp³-hybridized carbons (Fsp3) is 0.708. The summed E-state index contributed by atoms with van der Waals surface area (Å²) in [5.41, 5.74) is 0. The van der Waals surface area contributed by atoms with E-state index >= 15 is 0 Å². The van der Waals surface area contributed by atoms with Gasteiger partial charge in [0.2, 0.25) is 0 Å². The molecule has 0 aromatic carbocycles. The van der Waals surface area contributed by atoms with E-state index < -0.39 is 97.5 Å². The van der Waals surface area contributed by atoms with Crippen molar-refractivity contribution < 1.29 is 80.2 Å². The minimum Gasteiger partial charge on any atom is -0.462 e. The summed E-state index contributed by atoms with van der Waals surface area (Å²) in [6, 6.07) is 0. The second-order valence-electron chi connectivity index (χ2n) is 28.0. The van der Waals surface area contributed by atoms with Gasteiger partial charge in [-0.3, -0.25) is 37.3 Å². The SMILES string of the molecule is CC/C=C\C/C=C\C/C=C\C/C=C\CCCCCCCCC(=O)OCC(COP(=O)(O)OCC(O)COP(=O)(O)OCC(COC(=O)CCCCCCCCC/C=C\C/C=C\C/C=C\CC)OC(=O)CCCCCCCCCCCCCCC)OC(=O)CCCCCCCC/C=C\C/C=C\C/C=C\C/C=C\CC. The average Bonchev–Trinajstić information content (AvgIpc) is 0.892. The first-order valence-electron chi connectivity index (χ1n) is 42.4. The van der Waals surface area contributed by atoms with Gasteiger partial charge in [0.1, 0.15) is 19.3 Å². The lowest BCUT2D eigenvalue weighted by molar-refractivity contribution is -0.161. The van der Waals surface area contributed by atoms with Crippen LogP contribution in [0.5, 0.6) is 0 Å². The van der Waals surface area contributed by atoms with Gasteiger partial charge in [0.25, 0.3) is 0 Å². The second-order valence-corrected chi connectivity index (χ2v) is 30.9. The normalized spacial score (nSPS) is 14.5. The predicted molar refractivity (Wildman–Crippen MR) is 445 cm³/mol. The van der Waals surface area contributed by atoms with Gasteiger partial charge in [0, 0.05) is 25.7 Å². The van der Waals surface area contributed by atoms with E-state index in [1.54, 1.807) is 0 Å². The van der Waals surface area contributed by atoms with E-state index in [0.717, 1.165) is 218 Å². The van der Waals surface area contributed by atoms with E-state index in [0.29, 0.717) is 25.7 Å². The zero-order chi connectivity index (χ0) is 78.9.